The van der Waals surface area contributed by atoms with Crippen molar-refractivity contribution in [2.24, 2.45) is 0 Å². The number of rotatable bonds is 5. The molecule has 2 rings (SSSR count). The number of aromatic amines is 1. The topological polar surface area (TPSA) is 40.7 Å². The molecule has 0 aliphatic carbocycles. The van der Waals surface area contributed by atoms with Crippen LogP contribution < -0.4 is 5.32 Å². The Hall–Kier alpha value is -1.61. The van der Waals surface area contributed by atoms with E-state index in [0.717, 1.165) is 24.5 Å². The summed E-state index contributed by atoms with van der Waals surface area (Å²) in [4.78, 5) is 8.34. The van der Waals surface area contributed by atoms with E-state index in [1.54, 1.807) is 0 Å². The molecule has 0 bridgehead atoms. The van der Waals surface area contributed by atoms with Gasteiger partial charge in [0.1, 0.15) is 5.82 Å². The first-order valence-electron chi connectivity index (χ1n) is 7.76. The average Bonchev–Trinajstić information content (AvgIpc) is 2.83. The van der Waals surface area contributed by atoms with Gasteiger partial charge in [0, 0.05) is 29.8 Å². The number of nitrogens with one attached hydrogen (secondary N) is 2. The van der Waals surface area contributed by atoms with Crippen molar-refractivity contribution in [3.63, 3.8) is 0 Å². The van der Waals surface area contributed by atoms with Crippen molar-refractivity contribution in [2.45, 2.75) is 52.5 Å². The Kier molecular flexibility index (Phi) is 4.84. The van der Waals surface area contributed by atoms with Crippen LogP contribution in [0.2, 0.25) is 0 Å². The van der Waals surface area contributed by atoms with Gasteiger partial charge in [0.05, 0.1) is 5.69 Å². The molecule has 0 amide bonds. The van der Waals surface area contributed by atoms with Gasteiger partial charge in [-0.2, -0.15) is 0 Å². The first-order valence-corrected chi connectivity index (χ1v) is 7.76. The van der Waals surface area contributed by atoms with Crippen molar-refractivity contribution >= 4 is 0 Å². The molecule has 0 aliphatic heterocycles. The molecule has 3 heteroatoms. The summed E-state index contributed by atoms with van der Waals surface area (Å²) in [5.41, 5.74) is 3.66. The molecule has 1 aromatic carbocycles. The zero-order chi connectivity index (χ0) is 15.5. The highest BCUT2D eigenvalue weighted by Gasteiger charge is 2.15. The van der Waals surface area contributed by atoms with E-state index in [-0.39, 0.29) is 5.54 Å². The summed E-state index contributed by atoms with van der Waals surface area (Å²) in [6.45, 7) is 11.9. The zero-order valence-electron chi connectivity index (χ0n) is 13.8. The van der Waals surface area contributed by atoms with E-state index >= 15 is 0 Å². The first kappa shape index (κ1) is 15.8. The van der Waals surface area contributed by atoms with Gasteiger partial charge in [0.15, 0.2) is 0 Å². The van der Waals surface area contributed by atoms with Gasteiger partial charge in [-0.05, 0) is 26.7 Å². The third kappa shape index (κ3) is 4.43. The zero-order valence-corrected chi connectivity index (χ0v) is 13.8. The SMILES string of the molecule is CC(C)c1[nH]c(CCNC(C)(C)C)nc1-c1ccccc1. The molecule has 0 fully saturated rings. The maximum Gasteiger partial charge on any atom is 0.108 e. The van der Waals surface area contributed by atoms with Crippen LogP contribution in [0.5, 0.6) is 0 Å². The van der Waals surface area contributed by atoms with Gasteiger partial charge in [0.25, 0.3) is 0 Å². The predicted molar refractivity (Wildman–Crippen MR) is 89.6 cm³/mol. The normalized spacial score (nSPS) is 12.1. The number of H-pyrrole nitrogens is 1. The second-order valence-corrected chi connectivity index (χ2v) is 6.89. The molecular weight excluding hydrogens is 258 g/mol. The van der Waals surface area contributed by atoms with Crippen molar-refractivity contribution in [1.82, 2.24) is 15.3 Å². The number of nitrogens with zero attached hydrogens (tertiary/aromatic N) is 1. The summed E-state index contributed by atoms with van der Waals surface area (Å²) in [7, 11) is 0. The Morgan fingerprint density at radius 2 is 1.81 bits per heavy atom. The molecule has 0 atom stereocenters. The number of hydrogen-bond donors (Lipinski definition) is 2. The predicted octanol–water partition coefficient (Wildman–Crippen LogP) is 4.13. The Morgan fingerprint density at radius 1 is 1.14 bits per heavy atom. The minimum atomic E-state index is 0.149. The molecule has 21 heavy (non-hydrogen) atoms. The van der Waals surface area contributed by atoms with Crippen LogP contribution >= 0.6 is 0 Å². The smallest absolute Gasteiger partial charge is 0.108 e. The van der Waals surface area contributed by atoms with Gasteiger partial charge in [-0.15, -0.1) is 0 Å². The van der Waals surface area contributed by atoms with Gasteiger partial charge in [0.2, 0.25) is 0 Å². The molecule has 0 unspecified atom stereocenters. The number of benzene rings is 1. The van der Waals surface area contributed by atoms with Crippen LogP contribution in [0.25, 0.3) is 11.3 Å². The third-order valence-corrected chi connectivity index (χ3v) is 3.42. The first-order chi connectivity index (χ1) is 9.87. The standard InChI is InChI=1S/C18H27N3/c1-13(2)16-17(14-9-7-6-8-10-14)21-15(20-16)11-12-19-18(3,4)5/h6-10,13,19H,11-12H2,1-5H3,(H,20,21). The van der Waals surface area contributed by atoms with E-state index in [4.69, 9.17) is 4.98 Å². The number of hydrogen-bond acceptors (Lipinski definition) is 2. The van der Waals surface area contributed by atoms with Crippen molar-refractivity contribution in [3.05, 3.63) is 41.9 Å². The molecule has 0 aliphatic rings. The van der Waals surface area contributed by atoms with Crippen LogP contribution in [0.4, 0.5) is 0 Å². The molecule has 0 saturated heterocycles. The van der Waals surface area contributed by atoms with Crippen LogP contribution in [0, 0.1) is 0 Å². The van der Waals surface area contributed by atoms with Crippen LogP contribution in [-0.4, -0.2) is 22.1 Å². The quantitative estimate of drug-likeness (QED) is 0.867. The second kappa shape index (κ2) is 6.44. The molecule has 0 radical (unpaired) electrons. The van der Waals surface area contributed by atoms with Crippen molar-refractivity contribution in [3.8, 4) is 11.3 Å². The molecule has 0 saturated carbocycles. The summed E-state index contributed by atoms with van der Waals surface area (Å²) in [5.74, 6) is 1.51. The molecule has 0 spiro atoms. The average molecular weight is 285 g/mol. The van der Waals surface area contributed by atoms with E-state index in [1.807, 2.05) is 6.07 Å². The summed E-state index contributed by atoms with van der Waals surface area (Å²) in [6, 6.07) is 10.4. The van der Waals surface area contributed by atoms with Crippen molar-refractivity contribution in [1.29, 1.82) is 0 Å². The van der Waals surface area contributed by atoms with E-state index in [1.165, 1.54) is 11.3 Å². The molecule has 2 N–H and O–H groups in total. The van der Waals surface area contributed by atoms with Gasteiger partial charge in [-0.3, -0.25) is 0 Å². The molecule has 2 aromatic rings. The fraction of sp³-hybridized carbons (Fsp3) is 0.500. The lowest BCUT2D eigenvalue weighted by molar-refractivity contribution is 0.427. The Balaban J connectivity index is 2.18. The Labute approximate surface area is 128 Å². The highest BCUT2D eigenvalue weighted by Crippen LogP contribution is 2.27. The Morgan fingerprint density at radius 3 is 2.38 bits per heavy atom. The lowest BCUT2D eigenvalue weighted by atomic mass is 10.0. The summed E-state index contributed by atoms with van der Waals surface area (Å²) >= 11 is 0. The minimum absolute atomic E-state index is 0.149. The van der Waals surface area contributed by atoms with Gasteiger partial charge in [-0.25, -0.2) is 4.98 Å². The third-order valence-electron chi connectivity index (χ3n) is 3.42. The van der Waals surface area contributed by atoms with E-state index in [0.29, 0.717) is 5.92 Å². The molecule has 114 valence electrons. The Bertz CT molecular complexity index is 562. The molecule has 1 aromatic heterocycles. The molecule has 3 nitrogen and oxygen atoms in total. The van der Waals surface area contributed by atoms with Crippen LogP contribution in [0.15, 0.2) is 30.3 Å². The molecular formula is C18H27N3. The maximum absolute atomic E-state index is 4.83. The highest BCUT2D eigenvalue weighted by molar-refractivity contribution is 5.62. The van der Waals surface area contributed by atoms with E-state index < -0.39 is 0 Å². The van der Waals surface area contributed by atoms with Crippen LogP contribution in [0.3, 0.4) is 0 Å². The van der Waals surface area contributed by atoms with Gasteiger partial charge < -0.3 is 10.3 Å². The summed E-state index contributed by atoms with van der Waals surface area (Å²) < 4.78 is 0. The summed E-state index contributed by atoms with van der Waals surface area (Å²) in [6.07, 6.45) is 0.920. The van der Waals surface area contributed by atoms with Crippen molar-refractivity contribution < 1.29 is 0 Å². The molecule has 1 heterocycles. The van der Waals surface area contributed by atoms with Gasteiger partial charge >= 0.3 is 0 Å². The largest absolute Gasteiger partial charge is 0.345 e. The number of aromatic nitrogens is 2. The van der Waals surface area contributed by atoms with E-state index in [9.17, 15) is 0 Å². The van der Waals surface area contributed by atoms with Gasteiger partial charge in [-0.1, -0.05) is 44.2 Å². The van der Waals surface area contributed by atoms with E-state index in [2.05, 4.69) is 69.2 Å². The van der Waals surface area contributed by atoms with Crippen LogP contribution in [-0.2, 0) is 6.42 Å². The monoisotopic (exact) mass is 285 g/mol. The maximum atomic E-state index is 4.83. The lowest BCUT2D eigenvalue weighted by Crippen LogP contribution is -2.37. The van der Waals surface area contributed by atoms with Crippen molar-refractivity contribution in [2.75, 3.05) is 6.54 Å². The fourth-order valence-electron chi connectivity index (χ4n) is 2.35. The lowest BCUT2D eigenvalue weighted by Gasteiger charge is -2.19. The summed E-state index contributed by atoms with van der Waals surface area (Å²) in [5, 5.41) is 3.51. The van der Waals surface area contributed by atoms with Crippen LogP contribution in [0.1, 0.15) is 52.1 Å². The highest BCUT2D eigenvalue weighted by atomic mass is 15.0. The number of imidazole rings is 1. The second-order valence-electron chi connectivity index (χ2n) is 6.89. The fourth-order valence-corrected chi connectivity index (χ4v) is 2.35. The minimum Gasteiger partial charge on any atom is -0.345 e.